The number of aromatic amines is 1. The van der Waals surface area contributed by atoms with Gasteiger partial charge in [-0.2, -0.15) is 0 Å². The number of hydrogen-bond acceptors (Lipinski definition) is 1. The summed E-state index contributed by atoms with van der Waals surface area (Å²) in [5.74, 6) is 0.438. The van der Waals surface area contributed by atoms with Crippen molar-refractivity contribution in [3.8, 4) is 0 Å². The number of aromatic nitrogens is 2. The monoisotopic (exact) mass is 280 g/mol. The van der Waals surface area contributed by atoms with E-state index in [1.54, 1.807) is 0 Å². The van der Waals surface area contributed by atoms with Gasteiger partial charge >= 0.3 is 0 Å². The zero-order chi connectivity index (χ0) is 13.3. The highest BCUT2D eigenvalue weighted by Gasteiger charge is 2.15. The maximum Gasteiger partial charge on any atom is 0.177 e. The number of benzene rings is 1. The van der Waals surface area contributed by atoms with E-state index in [1.165, 1.54) is 11.3 Å². The van der Waals surface area contributed by atoms with Crippen LogP contribution in [0.4, 0.5) is 0 Å². The Bertz CT molecular complexity index is 581. The summed E-state index contributed by atoms with van der Waals surface area (Å²) in [7, 11) is 0. The predicted molar refractivity (Wildman–Crippen MR) is 79.0 cm³/mol. The summed E-state index contributed by atoms with van der Waals surface area (Å²) in [6.45, 7) is 6.49. The standard InChI is InChI=1S/C14H17ClN2S/c1-9(2)13-8-16-14(18)17(13)10(3)11-4-6-12(15)7-5-11/h4-10H,1-3H3,(H,16,18). The summed E-state index contributed by atoms with van der Waals surface area (Å²) < 4.78 is 2.93. The molecule has 96 valence electrons. The fourth-order valence-electron chi connectivity index (χ4n) is 2.13. The summed E-state index contributed by atoms with van der Waals surface area (Å²) in [4.78, 5) is 3.13. The van der Waals surface area contributed by atoms with Crippen molar-refractivity contribution >= 4 is 23.8 Å². The first-order chi connectivity index (χ1) is 8.50. The lowest BCUT2D eigenvalue weighted by Gasteiger charge is -2.19. The maximum atomic E-state index is 5.92. The van der Waals surface area contributed by atoms with Gasteiger partial charge in [-0.05, 0) is 42.8 Å². The second-order valence-electron chi connectivity index (χ2n) is 4.77. The molecule has 2 nitrogen and oxygen atoms in total. The molecule has 0 aliphatic carbocycles. The Labute approximate surface area is 118 Å². The molecule has 2 aromatic rings. The molecule has 2 rings (SSSR count). The molecular formula is C14H17ClN2S. The van der Waals surface area contributed by atoms with E-state index in [9.17, 15) is 0 Å². The van der Waals surface area contributed by atoms with Crippen LogP contribution in [0, 0.1) is 4.77 Å². The fourth-order valence-corrected chi connectivity index (χ4v) is 2.58. The molecule has 1 heterocycles. The van der Waals surface area contributed by atoms with E-state index >= 15 is 0 Å². The molecular weight excluding hydrogens is 264 g/mol. The molecule has 1 aromatic carbocycles. The minimum Gasteiger partial charge on any atom is -0.337 e. The van der Waals surface area contributed by atoms with E-state index < -0.39 is 0 Å². The van der Waals surface area contributed by atoms with Crippen LogP contribution in [0.5, 0.6) is 0 Å². The van der Waals surface area contributed by atoms with Crippen LogP contribution in [0.1, 0.15) is 44.0 Å². The summed E-state index contributed by atoms with van der Waals surface area (Å²) >= 11 is 11.3. The van der Waals surface area contributed by atoms with Crippen LogP contribution in [-0.2, 0) is 0 Å². The average Bonchev–Trinajstić information content (AvgIpc) is 2.71. The number of nitrogens with zero attached hydrogens (tertiary/aromatic N) is 1. The first-order valence-electron chi connectivity index (χ1n) is 6.06. The van der Waals surface area contributed by atoms with E-state index in [4.69, 9.17) is 23.8 Å². The Morgan fingerprint density at radius 3 is 2.33 bits per heavy atom. The second kappa shape index (κ2) is 5.29. The molecule has 0 saturated heterocycles. The van der Waals surface area contributed by atoms with Gasteiger partial charge in [0.05, 0.1) is 6.04 Å². The molecule has 1 unspecified atom stereocenters. The predicted octanol–water partition coefficient (Wildman–Crippen LogP) is 4.93. The average molecular weight is 281 g/mol. The molecule has 0 bridgehead atoms. The van der Waals surface area contributed by atoms with Gasteiger partial charge in [-0.1, -0.05) is 37.6 Å². The van der Waals surface area contributed by atoms with Gasteiger partial charge in [0.2, 0.25) is 0 Å². The zero-order valence-corrected chi connectivity index (χ0v) is 12.3. The molecule has 0 spiro atoms. The van der Waals surface area contributed by atoms with Crippen LogP contribution < -0.4 is 0 Å². The molecule has 18 heavy (non-hydrogen) atoms. The van der Waals surface area contributed by atoms with Crippen LogP contribution in [0.25, 0.3) is 0 Å². The number of imidazole rings is 1. The molecule has 0 saturated carbocycles. The van der Waals surface area contributed by atoms with Crippen molar-refractivity contribution in [2.45, 2.75) is 32.7 Å². The Hall–Kier alpha value is -1.06. The van der Waals surface area contributed by atoms with Crippen LogP contribution in [0.2, 0.25) is 5.02 Å². The van der Waals surface area contributed by atoms with Crippen LogP contribution in [-0.4, -0.2) is 9.55 Å². The molecule has 0 aliphatic heterocycles. The molecule has 0 fully saturated rings. The molecule has 0 amide bonds. The Balaban J connectivity index is 2.45. The van der Waals surface area contributed by atoms with Crippen molar-refractivity contribution in [3.63, 3.8) is 0 Å². The lowest BCUT2D eigenvalue weighted by atomic mass is 10.1. The molecule has 1 N–H and O–H groups in total. The summed E-state index contributed by atoms with van der Waals surface area (Å²) in [5.41, 5.74) is 2.43. The van der Waals surface area contributed by atoms with Crippen LogP contribution in [0.15, 0.2) is 30.5 Å². The van der Waals surface area contributed by atoms with E-state index in [0.29, 0.717) is 5.92 Å². The van der Waals surface area contributed by atoms with Crippen molar-refractivity contribution in [1.82, 2.24) is 9.55 Å². The van der Waals surface area contributed by atoms with E-state index in [0.717, 1.165) is 9.79 Å². The highest BCUT2D eigenvalue weighted by atomic mass is 35.5. The number of halogens is 1. The number of rotatable bonds is 3. The Morgan fingerprint density at radius 1 is 1.17 bits per heavy atom. The quantitative estimate of drug-likeness (QED) is 0.791. The highest BCUT2D eigenvalue weighted by Crippen LogP contribution is 2.25. The molecule has 1 atom stereocenters. The van der Waals surface area contributed by atoms with Gasteiger partial charge in [-0.25, -0.2) is 0 Å². The van der Waals surface area contributed by atoms with E-state index in [2.05, 4.69) is 30.3 Å². The lowest BCUT2D eigenvalue weighted by molar-refractivity contribution is 0.582. The number of hydrogen-bond donors (Lipinski definition) is 1. The van der Waals surface area contributed by atoms with E-state index in [1.807, 2.05) is 30.5 Å². The molecule has 4 heteroatoms. The van der Waals surface area contributed by atoms with Gasteiger partial charge in [-0.15, -0.1) is 0 Å². The van der Waals surface area contributed by atoms with Crippen molar-refractivity contribution in [1.29, 1.82) is 0 Å². The fraction of sp³-hybridized carbons (Fsp3) is 0.357. The van der Waals surface area contributed by atoms with Gasteiger partial charge < -0.3 is 9.55 Å². The second-order valence-corrected chi connectivity index (χ2v) is 5.59. The summed E-state index contributed by atoms with van der Waals surface area (Å²) in [6.07, 6.45) is 2.00. The molecule has 1 aromatic heterocycles. The van der Waals surface area contributed by atoms with E-state index in [-0.39, 0.29) is 6.04 Å². The minimum atomic E-state index is 0.207. The number of nitrogens with one attached hydrogen (secondary N) is 1. The third-order valence-corrected chi connectivity index (χ3v) is 3.74. The van der Waals surface area contributed by atoms with Crippen molar-refractivity contribution in [2.24, 2.45) is 0 Å². The van der Waals surface area contributed by atoms with Gasteiger partial charge in [0.1, 0.15) is 0 Å². The minimum absolute atomic E-state index is 0.207. The Kier molecular flexibility index (Phi) is 3.93. The number of H-pyrrole nitrogens is 1. The molecule has 0 aliphatic rings. The third kappa shape index (κ3) is 2.52. The van der Waals surface area contributed by atoms with Gasteiger partial charge in [-0.3, -0.25) is 0 Å². The van der Waals surface area contributed by atoms with Gasteiger partial charge in [0.15, 0.2) is 4.77 Å². The van der Waals surface area contributed by atoms with Gasteiger partial charge in [0, 0.05) is 16.9 Å². The summed E-state index contributed by atoms with van der Waals surface area (Å²) in [6, 6.07) is 8.13. The summed E-state index contributed by atoms with van der Waals surface area (Å²) in [5, 5.41) is 0.757. The normalized spacial score (nSPS) is 12.9. The topological polar surface area (TPSA) is 20.7 Å². The van der Waals surface area contributed by atoms with Crippen molar-refractivity contribution in [3.05, 3.63) is 51.5 Å². The SMILES string of the molecule is CC(C)c1c[nH]c(=S)n1C(C)c1ccc(Cl)cc1. The first kappa shape index (κ1) is 13.4. The maximum absolute atomic E-state index is 5.92. The van der Waals surface area contributed by atoms with Crippen LogP contribution >= 0.6 is 23.8 Å². The van der Waals surface area contributed by atoms with Crippen molar-refractivity contribution < 1.29 is 0 Å². The van der Waals surface area contributed by atoms with Crippen LogP contribution in [0.3, 0.4) is 0 Å². The highest BCUT2D eigenvalue weighted by molar-refractivity contribution is 7.71. The van der Waals surface area contributed by atoms with Crippen molar-refractivity contribution in [2.75, 3.05) is 0 Å². The van der Waals surface area contributed by atoms with Gasteiger partial charge in [0.25, 0.3) is 0 Å². The third-order valence-electron chi connectivity index (χ3n) is 3.17. The first-order valence-corrected chi connectivity index (χ1v) is 6.84. The Morgan fingerprint density at radius 2 is 1.78 bits per heavy atom. The molecule has 0 radical (unpaired) electrons. The zero-order valence-electron chi connectivity index (χ0n) is 10.8. The largest absolute Gasteiger partial charge is 0.337 e. The lowest BCUT2D eigenvalue weighted by Crippen LogP contribution is -2.11. The smallest absolute Gasteiger partial charge is 0.177 e.